The summed E-state index contributed by atoms with van der Waals surface area (Å²) in [5.74, 6) is 1.04. The Bertz CT molecular complexity index is 524. The second-order valence-electron chi connectivity index (χ2n) is 6.49. The molecule has 0 bridgehead atoms. The van der Waals surface area contributed by atoms with Gasteiger partial charge in [0.15, 0.2) is 5.96 Å². The normalized spacial score (nSPS) is 24.3. The van der Waals surface area contributed by atoms with Crippen molar-refractivity contribution >= 4 is 29.9 Å². The van der Waals surface area contributed by atoms with Gasteiger partial charge in [0.1, 0.15) is 0 Å². The molecule has 2 saturated heterocycles. The highest BCUT2D eigenvalue weighted by molar-refractivity contribution is 14.0. The highest BCUT2D eigenvalue weighted by Gasteiger charge is 2.42. The monoisotopic (exact) mass is 433 g/mol. The molecule has 1 N–H and O–H groups in total. The lowest BCUT2D eigenvalue weighted by molar-refractivity contribution is 0.156. The minimum atomic E-state index is 0. The number of halogens is 1. The fourth-order valence-corrected chi connectivity index (χ4v) is 3.36. The molecule has 0 amide bonds. The van der Waals surface area contributed by atoms with Crippen molar-refractivity contribution < 1.29 is 4.74 Å². The lowest BCUT2D eigenvalue weighted by Crippen LogP contribution is -2.41. The van der Waals surface area contributed by atoms with Crippen LogP contribution in [0, 0.1) is 12.3 Å². The fraction of sp³-hybridized carbons (Fsp3) is 0.750. The van der Waals surface area contributed by atoms with Crippen molar-refractivity contribution in [2.24, 2.45) is 10.4 Å². The van der Waals surface area contributed by atoms with Gasteiger partial charge in [-0.1, -0.05) is 0 Å². The molecule has 23 heavy (non-hydrogen) atoms. The minimum Gasteiger partial charge on any atom is -0.381 e. The van der Waals surface area contributed by atoms with Crippen LogP contribution in [0.2, 0.25) is 0 Å². The smallest absolute Gasteiger partial charge is 0.193 e. The number of guanidine groups is 1. The summed E-state index contributed by atoms with van der Waals surface area (Å²) >= 11 is 0. The summed E-state index contributed by atoms with van der Waals surface area (Å²) in [7, 11) is 0. The summed E-state index contributed by atoms with van der Waals surface area (Å²) in [5, 5.41) is 7.74. The van der Waals surface area contributed by atoms with E-state index in [-0.39, 0.29) is 24.0 Å². The molecule has 130 valence electrons. The number of aryl methyl sites for hydroxylation is 1. The second-order valence-corrected chi connectivity index (χ2v) is 6.49. The zero-order chi connectivity index (χ0) is 15.4. The first kappa shape index (κ1) is 18.5. The molecule has 2 aliphatic heterocycles. The highest BCUT2D eigenvalue weighted by Crippen LogP contribution is 2.38. The maximum absolute atomic E-state index is 5.61. The van der Waals surface area contributed by atoms with E-state index in [1.165, 1.54) is 18.4 Å². The summed E-state index contributed by atoms with van der Waals surface area (Å²) in [6.07, 6.45) is 6.35. The van der Waals surface area contributed by atoms with E-state index in [9.17, 15) is 0 Å². The molecule has 1 unspecified atom stereocenters. The van der Waals surface area contributed by atoms with Gasteiger partial charge in [0.2, 0.25) is 0 Å². The topological polar surface area (TPSA) is 54.7 Å². The van der Waals surface area contributed by atoms with Gasteiger partial charge in [-0.15, -0.1) is 24.0 Å². The Morgan fingerprint density at radius 1 is 1.48 bits per heavy atom. The Morgan fingerprint density at radius 3 is 3.00 bits per heavy atom. The number of likely N-dealkylation sites (tertiary alicyclic amines) is 1. The number of aromatic nitrogens is 2. The van der Waals surface area contributed by atoms with Crippen LogP contribution in [0.3, 0.4) is 0 Å². The van der Waals surface area contributed by atoms with E-state index in [4.69, 9.17) is 9.73 Å². The number of ether oxygens (including phenoxy) is 1. The van der Waals surface area contributed by atoms with Gasteiger partial charge in [0.05, 0.1) is 25.9 Å². The second kappa shape index (κ2) is 8.32. The average molecular weight is 433 g/mol. The third kappa shape index (κ3) is 4.59. The first-order chi connectivity index (χ1) is 10.7. The van der Waals surface area contributed by atoms with Crippen LogP contribution in [0.4, 0.5) is 0 Å². The van der Waals surface area contributed by atoms with Crippen molar-refractivity contribution in [2.45, 2.75) is 33.2 Å². The van der Waals surface area contributed by atoms with Crippen molar-refractivity contribution in [3.05, 3.63) is 18.0 Å². The number of nitrogens with zero attached hydrogens (tertiary/aromatic N) is 4. The molecule has 2 aliphatic rings. The van der Waals surface area contributed by atoms with Gasteiger partial charge in [-0.2, -0.15) is 5.10 Å². The summed E-state index contributed by atoms with van der Waals surface area (Å²) in [5.41, 5.74) is 1.56. The van der Waals surface area contributed by atoms with Gasteiger partial charge in [-0.05, 0) is 32.3 Å². The Morgan fingerprint density at radius 2 is 2.35 bits per heavy atom. The standard InChI is InChI=1S/C16H27N5O.HI/c1-3-17-15(18-6-8-21-11-14(2)10-19-21)20-7-4-16(12-20)5-9-22-13-16;/h10-11H,3-9,12-13H2,1-2H3,(H,17,18);1H. The van der Waals surface area contributed by atoms with Crippen LogP contribution in [0.15, 0.2) is 17.4 Å². The van der Waals surface area contributed by atoms with Gasteiger partial charge in [-0.25, -0.2) is 0 Å². The molecule has 7 heteroatoms. The van der Waals surface area contributed by atoms with E-state index in [2.05, 4.69) is 35.4 Å². The Labute approximate surface area is 155 Å². The largest absolute Gasteiger partial charge is 0.381 e. The van der Waals surface area contributed by atoms with E-state index < -0.39 is 0 Å². The Hall–Kier alpha value is -0.830. The van der Waals surface area contributed by atoms with Crippen LogP contribution in [0.1, 0.15) is 25.3 Å². The third-order valence-corrected chi connectivity index (χ3v) is 4.61. The van der Waals surface area contributed by atoms with Crippen LogP contribution >= 0.6 is 24.0 Å². The molecule has 3 rings (SSSR count). The highest BCUT2D eigenvalue weighted by atomic mass is 127. The summed E-state index contributed by atoms with van der Waals surface area (Å²) in [6, 6.07) is 0. The Kier molecular flexibility index (Phi) is 6.70. The number of hydrogen-bond donors (Lipinski definition) is 1. The van der Waals surface area contributed by atoms with E-state index >= 15 is 0 Å². The van der Waals surface area contributed by atoms with E-state index in [1.54, 1.807) is 0 Å². The fourth-order valence-electron chi connectivity index (χ4n) is 3.36. The van der Waals surface area contributed by atoms with Crippen LogP contribution in [-0.4, -0.2) is 60.0 Å². The summed E-state index contributed by atoms with van der Waals surface area (Å²) in [4.78, 5) is 7.18. The van der Waals surface area contributed by atoms with Crippen molar-refractivity contribution in [1.29, 1.82) is 0 Å². The van der Waals surface area contributed by atoms with Crippen LogP contribution in [0.25, 0.3) is 0 Å². The Balaban J connectivity index is 0.00000192. The predicted molar refractivity (Wildman–Crippen MR) is 102 cm³/mol. The maximum atomic E-state index is 5.61. The number of aliphatic imine (C=N–C) groups is 1. The lowest BCUT2D eigenvalue weighted by Gasteiger charge is -2.25. The quantitative estimate of drug-likeness (QED) is 0.448. The number of rotatable bonds is 4. The van der Waals surface area contributed by atoms with Crippen molar-refractivity contribution in [3.63, 3.8) is 0 Å². The lowest BCUT2D eigenvalue weighted by atomic mass is 9.87. The molecule has 0 radical (unpaired) electrons. The van der Waals surface area contributed by atoms with Gasteiger partial charge >= 0.3 is 0 Å². The van der Waals surface area contributed by atoms with Gasteiger partial charge < -0.3 is 15.0 Å². The number of hydrogen-bond acceptors (Lipinski definition) is 3. The zero-order valence-electron chi connectivity index (χ0n) is 14.1. The van der Waals surface area contributed by atoms with Crippen molar-refractivity contribution in [2.75, 3.05) is 39.4 Å². The first-order valence-electron chi connectivity index (χ1n) is 8.31. The van der Waals surface area contributed by atoms with Crippen molar-refractivity contribution in [1.82, 2.24) is 20.0 Å². The molecule has 2 fully saturated rings. The van der Waals surface area contributed by atoms with Gasteiger partial charge in [0.25, 0.3) is 0 Å². The average Bonchev–Trinajstić information content (AvgIpc) is 3.22. The molecule has 1 aromatic heterocycles. The molecular formula is C16H28IN5O. The molecule has 0 aromatic carbocycles. The van der Waals surface area contributed by atoms with E-state index in [0.29, 0.717) is 5.41 Å². The summed E-state index contributed by atoms with van der Waals surface area (Å²) in [6.45, 7) is 10.6. The zero-order valence-corrected chi connectivity index (χ0v) is 16.5. The van der Waals surface area contributed by atoms with E-state index in [0.717, 1.165) is 51.9 Å². The van der Waals surface area contributed by atoms with E-state index in [1.807, 2.05) is 10.9 Å². The molecule has 1 atom stereocenters. The van der Waals surface area contributed by atoms with Crippen LogP contribution < -0.4 is 5.32 Å². The van der Waals surface area contributed by atoms with Gasteiger partial charge in [0, 0.05) is 37.9 Å². The minimum absolute atomic E-state index is 0. The SMILES string of the molecule is CCNC(=NCCn1cc(C)cn1)N1CCC2(CCOC2)C1.I. The molecule has 6 nitrogen and oxygen atoms in total. The molecule has 0 aliphatic carbocycles. The third-order valence-electron chi connectivity index (χ3n) is 4.61. The molecule has 1 spiro atoms. The molecule has 1 aromatic rings. The molecular weight excluding hydrogens is 405 g/mol. The van der Waals surface area contributed by atoms with Crippen LogP contribution in [-0.2, 0) is 11.3 Å². The van der Waals surface area contributed by atoms with Gasteiger partial charge in [-0.3, -0.25) is 9.67 Å². The predicted octanol–water partition coefficient (Wildman–Crippen LogP) is 1.89. The number of nitrogens with one attached hydrogen (secondary N) is 1. The van der Waals surface area contributed by atoms with Crippen molar-refractivity contribution in [3.8, 4) is 0 Å². The first-order valence-corrected chi connectivity index (χ1v) is 8.31. The van der Waals surface area contributed by atoms with Crippen LogP contribution in [0.5, 0.6) is 0 Å². The summed E-state index contributed by atoms with van der Waals surface area (Å²) < 4.78 is 7.57. The maximum Gasteiger partial charge on any atom is 0.193 e. The molecule has 0 saturated carbocycles. The molecule has 3 heterocycles.